The summed E-state index contributed by atoms with van der Waals surface area (Å²) in [6.07, 6.45) is 2.40. The molecule has 1 heterocycles. The lowest BCUT2D eigenvalue weighted by Crippen LogP contribution is -2.17. The molecule has 2 aromatic rings. The minimum absolute atomic E-state index is 0.0791. The highest BCUT2D eigenvalue weighted by molar-refractivity contribution is 7.93. The first kappa shape index (κ1) is 18.7. The third kappa shape index (κ3) is 5.18. The lowest BCUT2D eigenvalue weighted by molar-refractivity contribution is -0.115. The summed E-state index contributed by atoms with van der Waals surface area (Å²) in [5.41, 5.74) is 1.20. The zero-order valence-electron chi connectivity index (χ0n) is 14.4. The van der Waals surface area contributed by atoms with E-state index in [4.69, 9.17) is 4.74 Å². The van der Waals surface area contributed by atoms with E-state index in [-0.39, 0.29) is 17.6 Å². The second-order valence-electron chi connectivity index (χ2n) is 6.09. The first-order chi connectivity index (χ1) is 12.5. The predicted molar refractivity (Wildman–Crippen MR) is 102 cm³/mol. The van der Waals surface area contributed by atoms with E-state index in [0.29, 0.717) is 36.0 Å². The number of carbonyl (C=O) groups is 1. The van der Waals surface area contributed by atoms with E-state index < -0.39 is 10.0 Å². The Morgan fingerprint density at radius 1 is 1.31 bits per heavy atom. The van der Waals surface area contributed by atoms with Crippen LogP contribution in [0.4, 0.5) is 10.8 Å². The highest BCUT2D eigenvalue weighted by Crippen LogP contribution is 2.30. The van der Waals surface area contributed by atoms with Gasteiger partial charge in [-0.2, -0.15) is 0 Å². The standard InChI is InChI=1S/C17H21N3O4S2/c1-2-9-24-14-5-3-12(4-6-14)18-16(21)10-13-11-25-17(19-13)20-26(22,23)15-7-8-15/h3-6,11,15H,2,7-10H2,1H3,(H,18,21)(H,19,20). The molecule has 26 heavy (non-hydrogen) atoms. The van der Waals surface area contributed by atoms with Crippen molar-refractivity contribution in [2.45, 2.75) is 37.9 Å². The van der Waals surface area contributed by atoms with Crippen molar-refractivity contribution in [3.8, 4) is 5.75 Å². The van der Waals surface area contributed by atoms with Crippen molar-refractivity contribution in [1.29, 1.82) is 0 Å². The summed E-state index contributed by atoms with van der Waals surface area (Å²) in [6, 6.07) is 7.16. The van der Waals surface area contributed by atoms with E-state index in [1.54, 1.807) is 29.6 Å². The van der Waals surface area contributed by atoms with Gasteiger partial charge in [-0.15, -0.1) is 11.3 Å². The van der Waals surface area contributed by atoms with Crippen LogP contribution in [0.1, 0.15) is 31.9 Å². The van der Waals surface area contributed by atoms with E-state index in [1.807, 2.05) is 6.92 Å². The Labute approximate surface area is 156 Å². The number of hydrogen-bond acceptors (Lipinski definition) is 6. The van der Waals surface area contributed by atoms with Gasteiger partial charge in [0.15, 0.2) is 5.13 Å². The van der Waals surface area contributed by atoms with Crippen LogP contribution in [0.5, 0.6) is 5.75 Å². The number of aromatic nitrogens is 1. The van der Waals surface area contributed by atoms with E-state index in [0.717, 1.165) is 12.2 Å². The van der Waals surface area contributed by atoms with Crippen LogP contribution in [-0.4, -0.2) is 31.2 Å². The normalized spacial score (nSPS) is 14.0. The summed E-state index contributed by atoms with van der Waals surface area (Å²) in [6.45, 7) is 2.69. The van der Waals surface area contributed by atoms with Gasteiger partial charge in [0, 0.05) is 11.1 Å². The summed E-state index contributed by atoms with van der Waals surface area (Å²) in [5, 5.41) is 4.48. The summed E-state index contributed by atoms with van der Waals surface area (Å²) in [7, 11) is -3.33. The molecule has 1 aromatic carbocycles. The maximum Gasteiger partial charge on any atom is 0.237 e. The van der Waals surface area contributed by atoms with Crippen LogP contribution in [0, 0.1) is 0 Å². The molecule has 2 N–H and O–H groups in total. The molecule has 0 spiro atoms. The average Bonchev–Trinajstić information content (AvgIpc) is 3.38. The van der Waals surface area contributed by atoms with Gasteiger partial charge in [0.05, 0.1) is 24.0 Å². The van der Waals surface area contributed by atoms with Crippen LogP contribution in [0.25, 0.3) is 0 Å². The van der Waals surface area contributed by atoms with Crippen LogP contribution in [0.2, 0.25) is 0 Å². The molecule has 1 saturated carbocycles. The molecule has 1 fully saturated rings. The topological polar surface area (TPSA) is 97.4 Å². The highest BCUT2D eigenvalue weighted by atomic mass is 32.2. The Morgan fingerprint density at radius 3 is 2.69 bits per heavy atom. The fraction of sp³-hybridized carbons (Fsp3) is 0.412. The number of sulfonamides is 1. The molecule has 0 unspecified atom stereocenters. The number of rotatable bonds is 9. The molecular formula is C17H21N3O4S2. The summed E-state index contributed by atoms with van der Waals surface area (Å²) >= 11 is 1.18. The van der Waals surface area contributed by atoms with Crippen molar-refractivity contribution in [3.63, 3.8) is 0 Å². The number of thiazole rings is 1. The van der Waals surface area contributed by atoms with Crippen molar-refractivity contribution < 1.29 is 17.9 Å². The van der Waals surface area contributed by atoms with Gasteiger partial charge in [0.2, 0.25) is 15.9 Å². The Kier molecular flexibility index (Phi) is 5.77. The predicted octanol–water partition coefficient (Wildman–Crippen LogP) is 3.02. The number of ether oxygens (including phenoxy) is 1. The molecular weight excluding hydrogens is 374 g/mol. The third-order valence-electron chi connectivity index (χ3n) is 3.70. The Balaban J connectivity index is 1.52. The maximum atomic E-state index is 12.1. The zero-order valence-corrected chi connectivity index (χ0v) is 16.0. The second-order valence-corrected chi connectivity index (χ2v) is 8.91. The quantitative estimate of drug-likeness (QED) is 0.680. The molecule has 1 aliphatic carbocycles. The second kappa shape index (κ2) is 8.05. The third-order valence-corrected chi connectivity index (χ3v) is 6.46. The van der Waals surface area contributed by atoms with E-state index in [9.17, 15) is 13.2 Å². The lowest BCUT2D eigenvalue weighted by atomic mass is 10.2. The summed E-state index contributed by atoms with van der Waals surface area (Å²) in [4.78, 5) is 16.3. The van der Waals surface area contributed by atoms with Crippen molar-refractivity contribution in [3.05, 3.63) is 35.3 Å². The maximum absolute atomic E-state index is 12.1. The van der Waals surface area contributed by atoms with Gasteiger partial charge in [-0.3, -0.25) is 9.52 Å². The van der Waals surface area contributed by atoms with Crippen LogP contribution < -0.4 is 14.8 Å². The Morgan fingerprint density at radius 2 is 2.04 bits per heavy atom. The number of benzene rings is 1. The van der Waals surface area contributed by atoms with Crippen LogP contribution >= 0.6 is 11.3 Å². The van der Waals surface area contributed by atoms with Gasteiger partial charge < -0.3 is 10.1 Å². The van der Waals surface area contributed by atoms with Crippen molar-refractivity contribution in [2.75, 3.05) is 16.6 Å². The molecule has 0 radical (unpaired) electrons. The van der Waals surface area contributed by atoms with Gasteiger partial charge in [-0.25, -0.2) is 13.4 Å². The summed E-state index contributed by atoms with van der Waals surface area (Å²) < 4.78 is 31.8. The fourth-order valence-corrected chi connectivity index (χ4v) is 4.55. The largest absolute Gasteiger partial charge is 0.494 e. The van der Waals surface area contributed by atoms with Crippen molar-refractivity contribution >= 4 is 38.1 Å². The molecule has 7 nitrogen and oxygen atoms in total. The van der Waals surface area contributed by atoms with Gasteiger partial charge in [-0.05, 0) is 43.5 Å². The number of nitrogens with one attached hydrogen (secondary N) is 2. The number of carbonyl (C=O) groups excluding carboxylic acids is 1. The van der Waals surface area contributed by atoms with Crippen molar-refractivity contribution in [1.82, 2.24) is 4.98 Å². The minimum Gasteiger partial charge on any atom is -0.494 e. The molecule has 3 rings (SSSR count). The molecule has 0 bridgehead atoms. The van der Waals surface area contributed by atoms with Crippen LogP contribution in [0.15, 0.2) is 29.6 Å². The molecule has 9 heteroatoms. The average molecular weight is 396 g/mol. The fourth-order valence-electron chi connectivity index (χ4n) is 2.24. The van der Waals surface area contributed by atoms with Gasteiger partial charge in [0.1, 0.15) is 5.75 Å². The van der Waals surface area contributed by atoms with Crippen LogP contribution in [-0.2, 0) is 21.2 Å². The first-order valence-electron chi connectivity index (χ1n) is 8.45. The number of hydrogen-bond donors (Lipinski definition) is 2. The monoisotopic (exact) mass is 395 g/mol. The Bertz CT molecular complexity index is 858. The number of anilines is 2. The lowest BCUT2D eigenvalue weighted by Gasteiger charge is -2.07. The van der Waals surface area contributed by atoms with E-state index in [2.05, 4.69) is 15.0 Å². The van der Waals surface area contributed by atoms with Gasteiger partial charge >= 0.3 is 0 Å². The summed E-state index contributed by atoms with van der Waals surface area (Å²) in [5.74, 6) is 0.547. The minimum atomic E-state index is -3.33. The Hall–Kier alpha value is -2.13. The van der Waals surface area contributed by atoms with Gasteiger partial charge in [0.25, 0.3) is 0 Å². The molecule has 140 valence electrons. The number of nitrogens with zero attached hydrogens (tertiary/aromatic N) is 1. The van der Waals surface area contributed by atoms with E-state index >= 15 is 0 Å². The molecule has 1 aromatic heterocycles. The SMILES string of the molecule is CCCOc1ccc(NC(=O)Cc2csc(NS(=O)(=O)C3CC3)n2)cc1. The van der Waals surface area contributed by atoms with E-state index in [1.165, 1.54) is 11.3 Å². The zero-order chi connectivity index (χ0) is 18.6. The molecule has 0 atom stereocenters. The molecule has 1 amide bonds. The first-order valence-corrected chi connectivity index (χ1v) is 10.9. The van der Waals surface area contributed by atoms with Crippen molar-refractivity contribution in [2.24, 2.45) is 0 Å². The smallest absolute Gasteiger partial charge is 0.237 e. The molecule has 0 saturated heterocycles. The molecule has 0 aliphatic heterocycles. The van der Waals surface area contributed by atoms with Gasteiger partial charge in [-0.1, -0.05) is 6.92 Å². The molecule has 1 aliphatic rings. The van der Waals surface area contributed by atoms with Crippen LogP contribution in [0.3, 0.4) is 0 Å². The number of amides is 1. The highest BCUT2D eigenvalue weighted by Gasteiger charge is 2.36.